The van der Waals surface area contributed by atoms with Crippen LogP contribution in [0, 0.1) is 23.7 Å². The minimum atomic E-state index is 0.219. The van der Waals surface area contributed by atoms with Crippen molar-refractivity contribution >= 4 is 5.91 Å². The molecule has 2 rings (SSSR count). The molecule has 5 atom stereocenters. The SMILES string of the molecule is CC1CCC(NC(=O)C2CCCC(CN)C2)CC1C. The lowest BCUT2D eigenvalue weighted by atomic mass is 9.78. The molecule has 3 heteroatoms. The number of carbonyl (C=O) groups is 1. The van der Waals surface area contributed by atoms with Crippen molar-refractivity contribution in [3.63, 3.8) is 0 Å². The summed E-state index contributed by atoms with van der Waals surface area (Å²) in [6, 6.07) is 0.414. The molecule has 0 aromatic heterocycles. The third-order valence-corrected chi connectivity index (χ3v) is 5.43. The van der Waals surface area contributed by atoms with Crippen LogP contribution in [0.25, 0.3) is 0 Å². The normalized spacial score (nSPS) is 39.8. The number of rotatable bonds is 3. The molecule has 0 saturated heterocycles. The molecule has 19 heavy (non-hydrogen) atoms. The lowest BCUT2D eigenvalue weighted by molar-refractivity contribution is -0.127. The summed E-state index contributed by atoms with van der Waals surface area (Å²) in [5.41, 5.74) is 5.75. The molecule has 3 N–H and O–H groups in total. The first-order valence-electron chi connectivity index (χ1n) is 8.10. The fraction of sp³-hybridized carbons (Fsp3) is 0.938. The van der Waals surface area contributed by atoms with Crippen molar-refractivity contribution in [1.29, 1.82) is 0 Å². The molecule has 0 aromatic carbocycles. The predicted molar refractivity (Wildman–Crippen MR) is 78.6 cm³/mol. The Hall–Kier alpha value is -0.570. The maximum atomic E-state index is 12.4. The summed E-state index contributed by atoms with van der Waals surface area (Å²) in [7, 11) is 0. The summed E-state index contributed by atoms with van der Waals surface area (Å²) in [5.74, 6) is 2.63. The molecule has 0 radical (unpaired) electrons. The molecule has 1 amide bonds. The molecule has 5 unspecified atom stereocenters. The van der Waals surface area contributed by atoms with Crippen LogP contribution in [0.2, 0.25) is 0 Å². The van der Waals surface area contributed by atoms with E-state index >= 15 is 0 Å². The highest BCUT2D eigenvalue weighted by Crippen LogP contribution is 2.31. The van der Waals surface area contributed by atoms with Gasteiger partial charge in [-0.2, -0.15) is 0 Å². The summed E-state index contributed by atoms with van der Waals surface area (Å²) < 4.78 is 0. The van der Waals surface area contributed by atoms with Crippen LogP contribution >= 0.6 is 0 Å². The minimum Gasteiger partial charge on any atom is -0.353 e. The monoisotopic (exact) mass is 266 g/mol. The number of carbonyl (C=O) groups excluding carboxylic acids is 1. The standard InChI is InChI=1S/C16H30N2O/c1-11-6-7-15(8-12(11)2)18-16(19)14-5-3-4-13(9-14)10-17/h11-15H,3-10,17H2,1-2H3,(H,18,19). The first kappa shape index (κ1) is 14.8. The summed E-state index contributed by atoms with van der Waals surface area (Å²) >= 11 is 0. The van der Waals surface area contributed by atoms with Gasteiger partial charge >= 0.3 is 0 Å². The van der Waals surface area contributed by atoms with E-state index in [1.165, 1.54) is 12.8 Å². The van der Waals surface area contributed by atoms with Crippen LogP contribution in [0.4, 0.5) is 0 Å². The molecule has 0 aliphatic heterocycles. The number of amides is 1. The van der Waals surface area contributed by atoms with Crippen molar-refractivity contribution in [2.75, 3.05) is 6.54 Å². The zero-order valence-corrected chi connectivity index (χ0v) is 12.5. The van der Waals surface area contributed by atoms with Crippen LogP contribution in [0.15, 0.2) is 0 Å². The second kappa shape index (κ2) is 6.74. The van der Waals surface area contributed by atoms with E-state index in [9.17, 15) is 4.79 Å². The topological polar surface area (TPSA) is 55.1 Å². The molecule has 0 heterocycles. The van der Waals surface area contributed by atoms with Gasteiger partial charge in [-0.05, 0) is 62.8 Å². The average Bonchev–Trinajstić information content (AvgIpc) is 2.43. The molecule has 2 saturated carbocycles. The highest BCUT2D eigenvalue weighted by molar-refractivity contribution is 5.79. The van der Waals surface area contributed by atoms with Crippen molar-refractivity contribution < 1.29 is 4.79 Å². The highest BCUT2D eigenvalue weighted by atomic mass is 16.1. The third kappa shape index (κ3) is 3.95. The van der Waals surface area contributed by atoms with E-state index in [0.717, 1.165) is 50.5 Å². The van der Waals surface area contributed by atoms with Crippen LogP contribution in [0.5, 0.6) is 0 Å². The zero-order chi connectivity index (χ0) is 13.8. The molecular weight excluding hydrogens is 236 g/mol. The fourth-order valence-electron chi connectivity index (χ4n) is 3.74. The Morgan fingerprint density at radius 1 is 1.11 bits per heavy atom. The second-order valence-electron chi connectivity index (χ2n) is 6.94. The summed E-state index contributed by atoms with van der Waals surface area (Å²) in [4.78, 5) is 12.4. The lowest BCUT2D eigenvalue weighted by Gasteiger charge is -2.34. The third-order valence-electron chi connectivity index (χ3n) is 5.43. The van der Waals surface area contributed by atoms with Crippen molar-refractivity contribution in [3.05, 3.63) is 0 Å². The second-order valence-corrected chi connectivity index (χ2v) is 6.94. The Morgan fingerprint density at radius 3 is 2.58 bits per heavy atom. The van der Waals surface area contributed by atoms with Crippen LogP contribution < -0.4 is 11.1 Å². The molecule has 2 aliphatic rings. The number of nitrogens with one attached hydrogen (secondary N) is 1. The van der Waals surface area contributed by atoms with E-state index in [1.54, 1.807) is 0 Å². The molecular formula is C16H30N2O. The Balaban J connectivity index is 1.80. The molecule has 0 spiro atoms. The zero-order valence-electron chi connectivity index (χ0n) is 12.5. The van der Waals surface area contributed by atoms with Gasteiger partial charge < -0.3 is 11.1 Å². The van der Waals surface area contributed by atoms with Crippen molar-refractivity contribution in [2.45, 2.75) is 64.8 Å². The van der Waals surface area contributed by atoms with E-state index < -0.39 is 0 Å². The fourth-order valence-corrected chi connectivity index (χ4v) is 3.74. The van der Waals surface area contributed by atoms with E-state index in [1.807, 2.05) is 0 Å². The van der Waals surface area contributed by atoms with Gasteiger partial charge in [0.25, 0.3) is 0 Å². The summed E-state index contributed by atoms with van der Waals surface area (Å²) in [6.07, 6.45) is 7.99. The minimum absolute atomic E-state index is 0.219. The van der Waals surface area contributed by atoms with Gasteiger partial charge in [0.05, 0.1) is 0 Å². The van der Waals surface area contributed by atoms with E-state index in [4.69, 9.17) is 5.73 Å². The molecule has 2 aliphatic carbocycles. The number of nitrogens with two attached hydrogens (primary N) is 1. The largest absolute Gasteiger partial charge is 0.353 e. The Bertz CT molecular complexity index is 305. The van der Waals surface area contributed by atoms with E-state index in [-0.39, 0.29) is 5.92 Å². The number of hydrogen-bond donors (Lipinski definition) is 2. The molecule has 0 bridgehead atoms. The number of hydrogen-bond acceptors (Lipinski definition) is 2. The van der Waals surface area contributed by atoms with Crippen LogP contribution in [0.3, 0.4) is 0 Å². The van der Waals surface area contributed by atoms with Gasteiger partial charge in [0.1, 0.15) is 0 Å². The Labute approximate surface area is 117 Å². The van der Waals surface area contributed by atoms with Gasteiger partial charge in [-0.15, -0.1) is 0 Å². The maximum absolute atomic E-state index is 12.4. The summed E-state index contributed by atoms with van der Waals surface area (Å²) in [6.45, 7) is 5.38. The molecule has 2 fully saturated rings. The first-order chi connectivity index (χ1) is 9.10. The van der Waals surface area contributed by atoms with Crippen molar-refractivity contribution in [1.82, 2.24) is 5.32 Å². The van der Waals surface area contributed by atoms with Gasteiger partial charge in [-0.1, -0.05) is 20.3 Å². The molecule has 0 aromatic rings. The Morgan fingerprint density at radius 2 is 1.89 bits per heavy atom. The summed E-state index contributed by atoms with van der Waals surface area (Å²) in [5, 5.41) is 3.30. The van der Waals surface area contributed by atoms with Crippen LogP contribution in [-0.4, -0.2) is 18.5 Å². The smallest absolute Gasteiger partial charge is 0.223 e. The van der Waals surface area contributed by atoms with E-state index in [0.29, 0.717) is 17.9 Å². The van der Waals surface area contributed by atoms with Crippen LogP contribution in [-0.2, 0) is 4.79 Å². The maximum Gasteiger partial charge on any atom is 0.223 e. The molecule has 3 nitrogen and oxygen atoms in total. The van der Waals surface area contributed by atoms with Gasteiger partial charge in [0.15, 0.2) is 0 Å². The predicted octanol–water partition coefficient (Wildman–Crippen LogP) is 2.69. The van der Waals surface area contributed by atoms with Gasteiger partial charge in [-0.3, -0.25) is 4.79 Å². The van der Waals surface area contributed by atoms with Crippen LogP contribution in [0.1, 0.15) is 58.8 Å². The highest BCUT2D eigenvalue weighted by Gasteiger charge is 2.30. The van der Waals surface area contributed by atoms with Gasteiger partial charge in [0, 0.05) is 12.0 Å². The average molecular weight is 266 g/mol. The Kier molecular flexibility index (Phi) is 5.26. The first-order valence-corrected chi connectivity index (χ1v) is 8.10. The van der Waals surface area contributed by atoms with Gasteiger partial charge in [-0.25, -0.2) is 0 Å². The molecule has 110 valence electrons. The van der Waals surface area contributed by atoms with Crippen molar-refractivity contribution in [2.24, 2.45) is 29.4 Å². The van der Waals surface area contributed by atoms with E-state index in [2.05, 4.69) is 19.2 Å². The quantitative estimate of drug-likeness (QED) is 0.825. The lowest BCUT2D eigenvalue weighted by Crippen LogP contribution is -2.43. The van der Waals surface area contributed by atoms with Gasteiger partial charge in [0.2, 0.25) is 5.91 Å². The van der Waals surface area contributed by atoms with Crippen molar-refractivity contribution in [3.8, 4) is 0 Å².